The van der Waals surface area contributed by atoms with Crippen LogP contribution in [-0.2, 0) is 6.42 Å². The van der Waals surface area contributed by atoms with Crippen LogP contribution in [0.15, 0.2) is 6.07 Å². The summed E-state index contributed by atoms with van der Waals surface area (Å²) < 4.78 is 1.71. The molecule has 1 N–H and O–H groups in total. The molecule has 7 nitrogen and oxygen atoms in total. The number of fused-ring (bicyclic) bond motifs is 1. The van der Waals surface area contributed by atoms with Crippen molar-refractivity contribution >= 4 is 28.0 Å². The maximum absolute atomic E-state index is 12.9. The van der Waals surface area contributed by atoms with E-state index in [1.54, 1.807) is 4.52 Å². The molecule has 3 heterocycles. The summed E-state index contributed by atoms with van der Waals surface area (Å²) in [7, 11) is 0. The smallest absolute Gasteiger partial charge is 0.263 e. The van der Waals surface area contributed by atoms with E-state index in [4.69, 9.17) is 0 Å². The van der Waals surface area contributed by atoms with Gasteiger partial charge in [-0.3, -0.25) is 10.1 Å². The number of hydrogen-bond donors (Lipinski definition) is 1. The number of nitrogens with zero attached hydrogens (tertiary/aromatic N) is 5. The van der Waals surface area contributed by atoms with Gasteiger partial charge < -0.3 is 0 Å². The molecule has 1 amide bonds. The van der Waals surface area contributed by atoms with Crippen LogP contribution < -0.4 is 5.32 Å². The Bertz CT molecular complexity index is 986. The summed E-state index contributed by atoms with van der Waals surface area (Å²) in [5.74, 6) is 0.465. The minimum Gasteiger partial charge on any atom is -0.296 e. The molecule has 0 saturated heterocycles. The molecule has 1 aliphatic carbocycles. The second kappa shape index (κ2) is 7.34. The van der Waals surface area contributed by atoms with Crippen LogP contribution >= 0.6 is 11.3 Å². The lowest BCUT2D eigenvalue weighted by Crippen LogP contribution is -2.13. The zero-order chi connectivity index (χ0) is 19.0. The van der Waals surface area contributed by atoms with E-state index >= 15 is 0 Å². The van der Waals surface area contributed by atoms with Gasteiger partial charge in [-0.2, -0.15) is 5.10 Å². The van der Waals surface area contributed by atoms with E-state index < -0.39 is 0 Å². The van der Waals surface area contributed by atoms with E-state index in [1.165, 1.54) is 43.4 Å². The van der Waals surface area contributed by atoms with E-state index in [1.807, 2.05) is 26.8 Å². The normalized spacial score (nSPS) is 15.4. The number of carbonyl (C=O) groups excluding carboxylic acids is 1. The lowest BCUT2D eigenvalue weighted by molar-refractivity contribution is 0.102. The average Bonchev–Trinajstić information content (AvgIpc) is 3.19. The molecule has 1 fully saturated rings. The van der Waals surface area contributed by atoms with Gasteiger partial charge in [0.2, 0.25) is 5.13 Å². The van der Waals surface area contributed by atoms with E-state index in [2.05, 4.69) is 25.6 Å². The summed E-state index contributed by atoms with van der Waals surface area (Å²) in [5.41, 5.74) is 3.53. The Morgan fingerprint density at radius 3 is 2.78 bits per heavy atom. The first kappa shape index (κ1) is 18.0. The molecule has 8 heteroatoms. The van der Waals surface area contributed by atoms with E-state index in [0.29, 0.717) is 28.0 Å². The number of anilines is 1. The predicted molar refractivity (Wildman–Crippen MR) is 105 cm³/mol. The molecule has 4 rings (SSSR count). The highest BCUT2D eigenvalue weighted by Gasteiger charge is 2.22. The monoisotopic (exact) mass is 384 g/mol. The fraction of sp³-hybridized carbons (Fsp3) is 0.526. The van der Waals surface area contributed by atoms with Crippen LogP contribution in [0.1, 0.15) is 64.6 Å². The van der Waals surface area contributed by atoms with Crippen LogP contribution in [0.2, 0.25) is 0 Å². The fourth-order valence-electron chi connectivity index (χ4n) is 3.88. The molecule has 0 spiro atoms. The molecule has 0 unspecified atom stereocenters. The Morgan fingerprint density at radius 1 is 1.22 bits per heavy atom. The number of hydrogen-bond acceptors (Lipinski definition) is 6. The largest absolute Gasteiger partial charge is 0.296 e. The van der Waals surface area contributed by atoms with Gasteiger partial charge in [0.1, 0.15) is 10.6 Å². The third-order valence-corrected chi connectivity index (χ3v) is 6.03. The predicted octanol–water partition coefficient (Wildman–Crippen LogP) is 3.88. The maximum Gasteiger partial charge on any atom is 0.263 e. The first-order chi connectivity index (χ1) is 13.0. The number of carbonyl (C=O) groups is 1. The van der Waals surface area contributed by atoms with Crippen molar-refractivity contribution in [3.05, 3.63) is 33.7 Å². The highest BCUT2D eigenvalue weighted by molar-refractivity contribution is 7.15. The van der Waals surface area contributed by atoms with Crippen molar-refractivity contribution in [3.63, 3.8) is 0 Å². The Balaban J connectivity index is 1.53. The Morgan fingerprint density at radius 2 is 2.00 bits per heavy atom. The second-order valence-electron chi connectivity index (χ2n) is 7.40. The van der Waals surface area contributed by atoms with Gasteiger partial charge >= 0.3 is 0 Å². The van der Waals surface area contributed by atoms with Crippen molar-refractivity contribution in [2.45, 2.75) is 59.3 Å². The molecule has 0 radical (unpaired) electrons. The molecule has 1 aliphatic rings. The maximum atomic E-state index is 12.9. The van der Waals surface area contributed by atoms with Crippen LogP contribution in [0.5, 0.6) is 0 Å². The molecule has 0 atom stereocenters. The van der Waals surface area contributed by atoms with Gasteiger partial charge in [0.15, 0.2) is 5.65 Å². The summed E-state index contributed by atoms with van der Waals surface area (Å²) in [5, 5.41) is 17.3. The molecular weight excluding hydrogens is 360 g/mol. The summed E-state index contributed by atoms with van der Waals surface area (Å²) in [4.78, 5) is 17.4. The van der Waals surface area contributed by atoms with Gasteiger partial charge in [0.05, 0.1) is 5.69 Å². The van der Waals surface area contributed by atoms with Gasteiger partial charge in [-0.25, -0.2) is 9.50 Å². The quantitative estimate of drug-likeness (QED) is 0.738. The zero-order valence-electron chi connectivity index (χ0n) is 15.9. The minimum absolute atomic E-state index is 0.236. The van der Waals surface area contributed by atoms with Gasteiger partial charge in [-0.1, -0.05) is 43.4 Å². The lowest BCUT2D eigenvalue weighted by atomic mass is 9.87. The van der Waals surface area contributed by atoms with Gasteiger partial charge in [-0.15, -0.1) is 10.2 Å². The van der Waals surface area contributed by atoms with Crippen molar-refractivity contribution in [2.75, 3.05) is 5.32 Å². The topological polar surface area (TPSA) is 85.1 Å². The minimum atomic E-state index is -0.236. The van der Waals surface area contributed by atoms with Gasteiger partial charge in [0, 0.05) is 17.8 Å². The third kappa shape index (κ3) is 3.71. The molecule has 3 aromatic rings. The zero-order valence-corrected chi connectivity index (χ0v) is 16.8. The highest BCUT2D eigenvalue weighted by Crippen LogP contribution is 2.29. The van der Waals surface area contributed by atoms with E-state index in [0.717, 1.165) is 22.8 Å². The number of rotatable bonds is 4. The second-order valence-corrected chi connectivity index (χ2v) is 8.46. The van der Waals surface area contributed by atoms with Crippen LogP contribution in [0, 0.1) is 26.7 Å². The number of aromatic nitrogens is 5. The summed E-state index contributed by atoms with van der Waals surface area (Å²) in [6.07, 6.45) is 7.48. The van der Waals surface area contributed by atoms with Crippen molar-refractivity contribution in [2.24, 2.45) is 5.92 Å². The van der Waals surface area contributed by atoms with Crippen LogP contribution in [0.4, 0.5) is 5.13 Å². The van der Waals surface area contributed by atoms with Crippen LogP contribution in [0.3, 0.4) is 0 Å². The standard InChI is InChI=1S/C19H24N6OS/c1-11-9-12(2)25-17(20-11)16(13(3)24-25)18(26)21-19-23-22-15(27-19)10-14-7-5-4-6-8-14/h9,14H,4-8,10H2,1-3H3,(H,21,23,26). The number of aryl methyl sites for hydroxylation is 3. The van der Waals surface area contributed by atoms with Crippen LogP contribution in [-0.4, -0.2) is 30.7 Å². The summed E-state index contributed by atoms with van der Waals surface area (Å²) in [6, 6.07) is 1.95. The van der Waals surface area contributed by atoms with Crippen molar-refractivity contribution in [1.82, 2.24) is 24.8 Å². The first-order valence-corrected chi connectivity index (χ1v) is 10.3. The first-order valence-electron chi connectivity index (χ1n) is 9.48. The summed E-state index contributed by atoms with van der Waals surface area (Å²) >= 11 is 1.47. The van der Waals surface area contributed by atoms with E-state index in [9.17, 15) is 4.79 Å². The number of nitrogens with one attached hydrogen (secondary N) is 1. The average molecular weight is 385 g/mol. The molecule has 0 aromatic carbocycles. The summed E-state index contributed by atoms with van der Waals surface area (Å²) in [6.45, 7) is 5.70. The van der Waals surface area contributed by atoms with E-state index in [-0.39, 0.29) is 5.91 Å². The highest BCUT2D eigenvalue weighted by atomic mass is 32.1. The van der Waals surface area contributed by atoms with Crippen LogP contribution in [0.25, 0.3) is 5.65 Å². The van der Waals surface area contributed by atoms with Gasteiger partial charge in [0.25, 0.3) is 5.91 Å². The van der Waals surface area contributed by atoms with Crippen molar-refractivity contribution < 1.29 is 4.79 Å². The number of amides is 1. The lowest BCUT2D eigenvalue weighted by Gasteiger charge is -2.19. The van der Waals surface area contributed by atoms with Gasteiger partial charge in [-0.05, 0) is 32.8 Å². The fourth-order valence-corrected chi connectivity index (χ4v) is 4.73. The molecule has 0 aliphatic heterocycles. The molecule has 0 bridgehead atoms. The Kier molecular flexibility index (Phi) is 4.90. The molecule has 27 heavy (non-hydrogen) atoms. The van der Waals surface area contributed by atoms with Crippen molar-refractivity contribution in [1.29, 1.82) is 0 Å². The van der Waals surface area contributed by atoms with Crippen molar-refractivity contribution in [3.8, 4) is 0 Å². The third-order valence-electron chi connectivity index (χ3n) is 5.17. The Hall–Kier alpha value is -2.35. The Labute approximate surface area is 162 Å². The molecule has 3 aromatic heterocycles. The molecule has 1 saturated carbocycles. The molecular formula is C19H24N6OS. The molecule has 142 valence electrons. The SMILES string of the molecule is Cc1cc(C)n2nc(C)c(C(=O)Nc3nnc(CC4CCCCC4)s3)c2n1.